The summed E-state index contributed by atoms with van der Waals surface area (Å²) in [6.07, 6.45) is 4.94. The minimum Gasteiger partial charge on any atom is -0.381 e. The zero-order chi connectivity index (χ0) is 11.5. The maximum atomic E-state index is 5.65. The van der Waals surface area contributed by atoms with E-state index in [-0.39, 0.29) is 0 Å². The predicted molar refractivity (Wildman–Crippen MR) is 67.3 cm³/mol. The minimum atomic E-state index is 0.631. The fourth-order valence-electron chi connectivity index (χ4n) is 1.80. The first-order valence-corrected chi connectivity index (χ1v) is 6.51. The molecule has 0 radical (unpaired) electrons. The molecule has 0 saturated carbocycles. The van der Waals surface area contributed by atoms with Gasteiger partial charge in [-0.25, -0.2) is 0 Å². The van der Waals surface area contributed by atoms with Crippen molar-refractivity contribution in [2.45, 2.75) is 59.4 Å². The number of hydrogen-bond donors (Lipinski definition) is 1. The van der Waals surface area contributed by atoms with Crippen LogP contribution < -0.4 is 5.32 Å². The zero-order valence-corrected chi connectivity index (χ0v) is 11.0. The summed E-state index contributed by atoms with van der Waals surface area (Å²) in [5.41, 5.74) is 0. The molecule has 0 rings (SSSR count). The van der Waals surface area contributed by atoms with Crippen molar-refractivity contribution in [3.05, 3.63) is 0 Å². The molecular weight excluding hydrogens is 186 g/mol. The van der Waals surface area contributed by atoms with E-state index in [1.165, 1.54) is 25.7 Å². The fraction of sp³-hybridized carbons (Fsp3) is 1.00. The molecule has 0 aliphatic heterocycles. The monoisotopic (exact) mass is 215 g/mol. The number of rotatable bonds is 10. The molecule has 2 nitrogen and oxygen atoms in total. The molecule has 2 unspecified atom stereocenters. The van der Waals surface area contributed by atoms with Crippen molar-refractivity contribution in [2.24, 2.45) is 5.92 Å². The molecule has 0 aromatic heterocycles. The number of ether oxygens (including phenoxy) is 1. The normalized spacial score (nSPS) is 15.2. The zero-order valence-electron chi connectivity index (χ0n) is 11.0. The van der Waals surface area contributed by atoms with E-state index in [0.29, 0.717) is 6.04 Å². The Hall–Kier alpha value is -0.0800. The molecule has 0 spiro atoms. The molecule has 0 fully saturated rings. The summed E-state index contributed by atoms with van der Waals surface area (Å²) in [5.74, 6) is 0.723. The lowest BCUT2D eigenvalue weighted by Gasteiger charge is -2.13. The van der Waals surface area contributed by atoms with Gasteiger partial charge in [-0.1, -0.05) is 27.2 Å². The Morgan fingerprint density at radius 1 is 1.13 bits per heavy atom. The van der Waals surface area contributed by atoms with Gasteiger partial charge in [0.05, 0.1) is 0 Å². The molecule has 0 bridgehead atoms. The third-order valence-electron chi connectivity index (χ3n) is 2.66. The SMILES string of the molecule is CCCC(C)COCCCC(C)NCC. The van der Waals surface area contributed by atoms with Gasteiger partial charge >= 0.3 is 0 Å². The summed E-state index contributed by atoms with van der Waals surface area (Å²) < 4.78 is 5.65. The third-order valence-corrected chi connectivity index (χ3v) is 2.66. The van der Waals surface area contributed by atoms with Crippen LogP contribution in [0.1, 0.15) is 53.4 Å². The standard InChI is InChI=1S/C13H29NO/c1-5-8-12(3)11-15-10-7-9-13(4)14-6-2/h12-14H,5-11H2,1-4H3. The molecule has 0 heterocycles. The van der Waals surface area contributed by atoms with E-state index in [0.717, 1.165) is 25.7 Å². The van der Waals surface area contributed by atoms with Crippen molar-refractivity contribution in [1.82, 2.24) is 5.32 Å². The van der Waals surface area contributed by atoms with Crippen molar-refractivity contribution in [1.29, 1.82) is 0 Å². The summed E-state index contributed by atoms with van der Waals surface area (Å²) in [6.45, 7) is 11.8. The highest BCUT2D eigenvalue weighted by molar-refractivity contribution is 4.58. The molecule has 0 aromatic carbocycles. The highest BCUT2D eigenvalue weighted by Gasteiger charge is 2.01. The van der Waals surface area contributed by atoms with Gasteiger partial charge in [0.1, 0.15) is 0 Å². The van der Waals surface area contributed by atoms with Gasteiger partial charge in [0.2, 0.25) is 0 Å². The van der Waals surface area contributed by atoms with Crippen molar-refractivity contribution >= 4 is 0 Å². The topological polar surface area (TPSA) is 21.3 Å². The number of nitrogens with one attached hydrogen (secondary N) is 1. The highest BCUT2D eigenvalue weighted by Crippen LogP contribution is 2.05. The molecule has 1 N–H and O–H groups in total. The van der Waals surface area contributed by atoms with Crippen LogP contribution in [0.2, 0.25) is 0 Å². The second-order valence-corrected chi connectivity index (χ2v) is 4.57. The molecule has 0 saturated heterocycles. The molecule has 2 atom stereocenters. The molecular formula is C13H29NO. The van der Waals surface area contributed by atoms with Gasteiger partial charge in [-0.2, -0.15) is 0 Å². The second-order valence-electron chi connectivity index (χ2n) is 4.57. The molecule has 0 aliphatic rings. The average Bonchev–Trinajstić information content (AvgIpc) is 2.18. The lowest BCUT2D eigenvalue weighted by atomic mass is 10.1. The fourth-order valence-corrected chi connectivity index (χ4v) is 1.80. The van der Waals surface area contributed by atoms with Crippen LogP contribution in [0.3, 0.4) is 0 Å². The summed E-state index contributed by atoms with van der Waals surface area (Å²) in [5, 5.41) is 3.41. The maximum absolute atomic E-state index is 5.65. The van der Waals surface area contributed by atoms with Gasteiger partial charge in [0.25, 0.3) is 0 Å². The maximum Gasteiger partial charge on any atom is 0.0491 e. The highest BCUT2D eigenvalue weighted by atomic mass is 16.5. The Kier molecular flexibility index (Phi) is 10.4. The first-order chi connectivity index (χ1) is 7.20. The smallest absolute Gasteiger partial charge is 0.0491 e. The molecule has 0 aliphatic carbocycles. The Balaban J connectivity index is 3.17. The van der Waals surface area contributed by atoms with Crippen LogP contribution in [-0.4, -0.2) is 25.8 Å². The Morgan fingerprint density at radius 3 is 2.47 bits per heavy atom. The molecule has 0 aromatic rings. The van der Waals surface area contributed by atoms with Crippen molar-refractivity contribution in [2.75, 3.05) is 19.8 Å². The minimum absolute atomic E-state index is 0.631. The van der Waals surface area contributed by atoms with Crippen molar-refractivity contribution < 1.29 is 4.74 Å². The van der Waals surface area contributed by atoms with E-state index in [1.807, 2.05) is 0 Å². The number of hydrogen-bond acceptors (Lipinski definition) is 2. The largest absolute Gasteiger partial charge is 0.381 e. The van der Waals surface area contributed by atoms with E-state index in [9.17, 15) is 0 Å². The van der Waals surface area contributed by atoms with Crippen LogP contribution in [0, 0.1) is 5.92 Å². The molecule has 15 heavy (non-hydrogen) atoms. The van der Waals surface area contributed by atoms with Gasteiger partial charge in [-0.05, 0) is 38.6 Å². The van der Waals surface area contributed by atoms with E-state index < -0.39 is 0 Å². The van der Waals surface area contributed by atoms with Gasteiger partial charge in [-0.15, -0.1) is 0 Å². The lowest BCUT2D eigenvalue weighted by Crippen LogP contribution is -2.25. The Bertz CT molecular complexity index is 114. The van der Waals surface area contributed by atoms with Crippen LogP contribution in [0.15, 0.2) is 0 Å². The summed E-state index contributed by atoms with van der Waals surface area (Å²) in [7, 11) is 0. The first-order valence-electron chi connectivity index (χ1n) is 6.51. The predicted octanol–water partition coefficient (Wildman–Crippen LogP) is 3.22. The Labute approximate surface area is 95.8 Å². The van der Waals surface area contributed by atoms with E-state index in [1.54, 1.807) is 0 Å². The van der Waals surface area contributed by atoms with Crippen molar-refractivity contribution in [3.8, 4) is 0 Å². The lowest BCUT2D eigenvalue weighted by molar-refractivity contribution is 0.0973. The summed E-state index contributed by atoms with van der Waals surface area (Å²) in [4.78, 5) is 0. The molecule has 0 amide bonds. The Morgan fingerprint density at radius 2 is 1.87 bits per heavy atom. The van der Waals surface area contributed by atoms with Gasteiger partial charge in [0.15, 0.2) is 0 Å². The van der Waals surface area contributed by atoms with Crippen LogP contribution in [0.5, 0.6) is 0 Å². The van der Waals surface area contributed by atoms with E-state index in [4.69, 9.17) is 4.74 Å². The average molecular weight is 215 g/mol. The van der Waals surface area contributed by atoms with Gasteiger partial charge in [0, 0.05) is 19.3 Å². The molecule has 2 heteroatoms. The first kappa shape index (κ1) is 14.9. The summed E-state index contributed by atoms with van der Waals surface area (Å²) in [6, 6.07) is 0.631. The van der Waals surface area contributed by atoms with Crippen molar-refractivity contribution in [3.63, 3.8) is 0 Å². The van der Waals surface area contributed by atoms with E-state index >= 15 is 0 Å². The molecule has 92 valence electrons. The quantitative estimate of drug-likeness (QED) is 0.565. The van der Waals surface area contributed by atoms with Gasteiger partial charge < -0.3 is 10.1 Å². The van der Waals surface area contributed by atoms with Crippen LogP contribution in [0.25, 0.3) is 0 Å². The third kappa shape index (κ3) is 10.2. The van der Waals surface area contributed by atoms with E-state index in [2.05, 4.69) is 33.0 Å². The van der Waals surface area contributed by atoms with Crippen LogP contribution >= 0.6 is 0 Å². The van der Waals surface area contributed by atoms with Crippen LogP contribution in [-0.2, 0) is 4.74 Å². The van der Waals surface area contributed by atoms with Crippen LogP contribution in [0.4, 0.5) is 0 Å². The van der Waals surface area contributed by atoms with Gasteiger partial charge in [-0.3, -0.25) is 0 Å². The summed E-state index contributed by atoms with van der Waals surface area (Å²) >= 11 is 0. The second kappa shape index (κ2) is 10.4.